The quantitative estimate of drug-likeness (QED) is 0.597. The highest BCUT2D eigenvalue weighted by molar-refractivity contribution is 6.35. The number of halogens is 2. The summed E-state index contributed by atoms with van der Waals surface area (Å²) in [6.45, 7) is 0.827. The first-order valence-electron chi connectivity index (χ1n) is 8.22. The summed E-state index contributed by atoms with van der Waals surface area (Å²) in [4.78, 5) is 13.4. The van der Waals surface area contributed by atoms with Gasteiger partial charge >= 0.3 is 5.97 Å². The van der Waals surface area contributed by atoms with E-state index >= 15 is 0 Å². The van der Waals surface area contributed by atoms with Crippen LogP contribution in [0.5, 0.6) is 0 Å². The van der Waals surface area contributed by atoms with Crippen molar-refractivity contribution in [1.82, 2.24) is 0 Å². The van der Waals surface area contributed by atoms with E-state index in [2.05, 4.69) is 17.0 Å². The highest BCUT2D eigenvalue weighted by atomic mass is 35.5. The molecule has 0 bridgehead atoms. The first-order valence-corrected chi connectivity index (χ1v) is 8.98. The fourth-order valence-electron chi connectivity index (χ4n) is 3.33. The van der Waals surface area contributed by atoms with Crippen LogP contribution in [0.4, 0.5) is 11.4 Å². The van der Waals surface area contributed by atoms with Crippen LogP contribution in [0.3, 0.4) is 0 Å². The van der Waals surface area contributed by atoms with Gasteiger partial charge in [-0.25, -0.2) is 4.79 Å². The van der Waals surface area contributed by atoms with Gasteiger partial charge in [0.2, 0.25) is 0 Å². The van der Waals surface area contributed by atoms with Crippen LogP contribution in [0, 0.1) is 0 Å². The van der Waals surface area contributed by atoms with E-state index in [4.69, 9.17) is 23.2 Å². The highest BCUT2D eigenvalue weighted by Gasteiger charge is 2.23. The molecule has 130 valence electrons. The molecule has 0 saturated heterocycles. The van der Waals surface area contributed by atoms with Gasteiger partial charge in [-0.2, -0.15) is 0 Å². The maximum Gasteiger partial charge on any atom is 0.335 e. The minimum atomic E-state index is -0.930. The Hall–Kier alpha value is -2.49. The van der Waals surface area contributed by atoms with Crippen LogP contribution in [0.2, 0.25) is 10.0 Å². The van der Waals surface area contributed by atoms with Gasteiger partial charge in [-0.15, -0.1) is 0 Å². The third-order valence-electron chi connectivity index (χ3n) is 4.62. The Morgan fingerprint density at radius 3 is 2.54 bits per heavy atom. The van der Waals surface area contributed by atoms with Crippen molar-refractivity contribution in [2.24, 2.45) is 0 Å². The van der Waals surface area contributed by atoms with Crippen molar-refractivity contribution in [3.05, 3.63) is 81.8 Å². The zero-order chi connectivity index (χ0) is 18.3. The SMILES string of the molecule is O=C(O)c1cccc(-c2ccc3c(c2)N(c2cc(Cl)ccc2Cl)CC3)c1. The fraction of sp³-hybridized carbons (Fsp3) is 0.0952. The van der Waals surface area contributed by atoms with E-state index in [0.29, 0.717) is 10.0 Å². The minimum Gasteiger partial charge on any atom is -0.478 e. The number of fused-ring (bicyclic) bond motifs is 1. The summed E-state index contributed by atoms with van der Waals surface area (Å²) in [5, 5.41) is 10.5. The Balaban J connectivity index is 1.78. The van der Waals surface area contributed by atoms with Crippen molar-refractivity contribution in [2.75, 3.05) is 11.4 Å². The third-order valence-corrected chi connectivity index (χ3v) is 5.18. The minimum absolute atomic E-state index is 0.276. The molecule has 4 rings (SSSR count). The average Bonchev–Trinajstić information content (AvgIpc) is 3.07. The molecule has 3 aromatic carbocycles. The number of carboxylic acid groups (broad SMARTS) is 1. The summed E-state index contributed by atoms with van der Waals surface area (Å²) in [6, 6.07) is 18.6. The summed E-state index contributed by atoms with van der Waals surface area (Å²) < 4.78 is 0. The molecule has 0 radical (unpaired) electrons. The van der Waals surface area contributed by atoms with Gasteiger partial charge in [-0.3, -0.25) is 0 Å². The molecule has 1 heterocycles. The molecule has 0 saturated carbocycles. The zero-order valence-electron chi connectivity index (χ0n) is 13.7. The van der Waals surface area contributed by atoms with Crippen molar-refractivity contribution < 1.29 is 9.90 Å². The Morgan fingerprint density at radius 1 is 0.923 bits per heavy atom. The molecule has 0 spiro atoms. The van der Waals surface area contributed by atoms with Gasteiger partial charge in [-0.05, 0) is 59.5 Å². The van der Waals surface area contributed by atoms with Crippen LogP contribution in [0.1, 0.15) is 15.9 Å². The molecular formula is C21H15Cl2NO2. The standard InChI is InChI=1S/C21H15Cl2NO2/c22-17-6-7-18(23)20(12-17)24-9-8-13-4-5-15(11-19(13)24)14-2-1-3-16(10-14)21(25)26/h1-7,10-12H,8-9H2,(H,25,26). The predicted octanol–water partition coefficient (Wildman–Crippen LogP) is 6.05. The zero-order valence-corrected chi connectivity index (χ0v) is 15.3. The first kappa shape index (κ1) is 17.0. The lowest BCUT2D eigenvalue weighted by atomic mass is 10.0. The molecule has 0 unspecified atom stereocenters. The number of hydrogen-bond donors (Lipinski definition) is 1. The summed E-state index contributed by atoms with van der Waals surface area (Å²) in [7, 11) is 0. The van der Waals surface area contributed by atoms with Crippen LogP contribution in [-0.2, 0) is 6.42 Å². The topological polar surface area (TPSA) is 40.5 Å². The molecular weight excluding hydrogens is 369 g/mol. The third kappa shape index (κ3) is 3.05. The highest BCUT2D eigenvalue weighted by Crippen LogP contribution is 2.41. The first-order chi connectivity index (χ1) is 12.5. The smallest absolute Gasteiger partial charge is 0.335 e. The van der Waals surface area contributed by atoms with Crippen molar-refractivity contribution in [2.45, 2.75) is 6.42 Å². The normalized spacial score (nSPS) is 12.9. The van der Waals surface area contributed by atoms with Gasteiger partial charge in [0, 0.05) is 17.3 Å². The molecule has 0 fully saturated rings. The second-order valence-electron chi connectivity index (χ2n) is 6.23. The van der Waals surface area contributed by atoms with E-state index in [1.165, 1.54) is 5.56 Å². The molecule has 1 N–H and O–H groups in total. The van der Waals surface area contributed by atoms with Gasteiger partial charge in [-0.1, -0.05) is 47.5 Å². The van der Waals surface area contributed by atoms with Crippen LogP contribution in [-0.4, -0.2) is 17.6 Å². The number of rotatable bonds is 3. The van der Waals surface area contributed by atoms with Crippen LogP contribution in [0.15, 0.2) is 60.7 Å². The number of benzene rings is 3. The van der Waals surface area contributed by atoms with Crippen molar-refractivity contribution in [1.29, 1.82) is 0 Å². The molecule has 5 heteroatoms. The number of hydrogen-bond acceptors (Lipinski definition) is 2. The van der Waals surface area contributed by atoms with E-state index in [9.17, 15) is 9.90 Å². The number of carboxylic acids is 1. The maximum absolute atomic E-state index is 11.2. The Bertz CT molecular complexity index is 1020. The molecule has 0 aliphatic carbocycles. The maximum atomic E-state index is 11.2. The monoisotopic (exact) mass is 383 g/mol. The van der Waals surface area contributed by atoms with E-state index < -0.39 is 5.97 Å². The van der Waals surface area contributed by atoms with Crippen LogP contribution >= 0.6 is 23.2 Å². The molecule has 1 aliphatic heterocycles. The Labute approximate surface area is 161 Å². The van der Waals surface area contributed by atoms with Gasteiger partial charge in [0.1, 0.15) is 0 Å². The molecule has 0 amide bonds. The Kier molecular flexibility index (Phi) is 4.35. The second-order valence-corrected chi connectivity index (χ2v) is 7.07. The summed E-state index contributed by atoms with van der Waals surface area (Å²) in [6.07, 6.45) is 0.924. The molecule has 3 nitrogen and oxygen atoms in total. The lowest BCUT2D eigenvalue weighted by Gasteiger charge is -2.22. The largest absolute Gasteiger partial charge is 0.478 e. The van der Waals surface area contributed by atoms with Crippen molar-refractivity contribution >= 4 is 40.5 Å². The van der Waals surface area contributed by atoms with Gasteiger partial charge in [0.05, 0.1) is 16.3 Å². The second kappa shape index (κ2) is 6.67. The molecule has 0 aromatic heterocycles. The Morgan fingerprint density at radius 2 is 1.73 bits per heavy atom. The van der Waals surface area contributed by atoms with E-state index in [1.54, 1.807) is 30.3 Å². The number of nitrogens with zero attached hydrogens (tertiary/aromatic N) is 1. The van der Waals surface area contributed by atoms with Gasteiger partial charge < -0.3 is 10.0 Å². The number of carbonyl (C=O) groups is 1. The predicted molar refractivity (Wildman–Crippen MR) is 106 cm³/mol. The van der Waals surface area contributed by atoms with Gasteiger partial charge in [0.15, 0.2) is 0 Å². The van der Waals surface area contributed by atoms with Crippen molar-refractivity contribution in [3.8, 4) is 11.1 Å². The average molecular weight is 384 g/mol. The number of anilines is 2. The lowest BCUT2D eigenvalue weighted by molar-refractivity contribution is 0.0697. The molecule has 1 aliphatic rings. The summed E-state index contributed by atoms with van der Waals surface area (Å²) in [5.41, 5.74) is 5.31. The van der Waals surface area contributed by atoms with Crippen LogP contribution < -0.4 is 4.90 Å². The lowest BCUT2D eigenvalue weighted by Crippen LogP contribution is -2.13. The van der Waals surface area contributed by atoms with E-state index in [1.807, 2.05) is 18.2 Å². The van der Waals surface area contributed by atoms with Gasteiger partial charge in [0.25, 0.3) is 0 Å². The van der Waals surface area contributed by atoms with Crippen molar-refractivity contribution in [3.63, 3.8) is 0 Å². The molecule has 26 heavy (non-hydrogen) atoms. The van der Waals surface area contributed by atoms with Crippen LogP contribution in [0.25, 0.3) is 11.1 Å². The summed E-state index contributed by atoms with van der Waals surface area (Å²) >= 11 is 12.5. The fourth-order valence-corrected chi connectivity index (χ4v) is 3.72. The summed E-state index contributed by atoms with van der Waals surface area (Å²) in [5.74, 6) is -0.930. The molecule has 3 aromatic rings. The van der Waals surface area contributed by atoms with E-state index in [-0.39, 0.29) is 5.56 Å². The number of aromatic carboxylic acids is 1. The molecule has 0 atom stereocenters. The van der Waals surface area contributed by atoms with E-state index in [0.717, 1.165) is 35.5 Å².